The molecule has 4 heterocycles. The molecule has 0 aliphatic carbocycles. The van der Waals surface area contributed by atoms with E-state index >= 15 is 0 Å². The van der Waals surface area contributed by atoms with Crippen LogP contribution in [0.15, 0.2) is 24.8 Å². The lowest BCUT2D eigenvalue weighted by molar-refractivity contribution is 0.530. The summed E-state index contributed by atoms with van der Waals surface area (Å²) in [5, 5.41) is 12.4. The number of nitrogens with one attached hydrogen (secondary N) is 1. The van der Waals surface area contributed by atoms with Crippen LogP contribution in [0.2, 0.25) is 0 Å². The van der Waals surface area contributed by atoms with Crippen molar-refractivity contribution in [2.75, 3.05) is 11.6 Å². The molecule has 0 aromatic carbocycles. The van der Waals surface area contributed by atoms with Gasteiger partial charge in [0.2, 0.25) is 0 Å². The van der Waals surface area contributed by atoms with Gasteiger partial charge in [0.05, 0.1) is 12.3 Å². The van der Waals surface area contributed by atoms with E-state index in [1.54, 1.807) is 0 Å². The maximum atomic E-state index is 8.99. The molecule has 1 fully saturated rings. The monoisotopic (exact) mass is 294 g/mol. The minimum absolute atomic E-state index is 0.441. The predicted octanol–water partition coefficient (Wildman–Crippen LogP) is 2.56. The summed E-state index contributed by atoms with van der Waals surface area (Å²) < 4.78 is 2.17. The Balaban J connectivity index is 1.83. The summed E-state index contributed by atoms with van der Waals surface area (Å²) in [5.41, 5.74) is 2.89. The normalized spacial score (nSPS) is 21.7. The van der Waals surface area contributed by atoms with Crippen molar-refractivity contribution in [3.63, 3.8) is 0 Å². The first kappa shape index (κ1) is 13.1. The molecule has 1 aliphatic rings. The number of aromatic amines is 1. The number of imidazole rings is 1. The van der Waals surface area contributed by atoms with Crippen molar-refractivity contribution in [1.29, 1.82) is 5.26 Å². The van der Waals surface area contributed by atoms with E-state index in [9.17, 15) is 0 Å². The van der Waals surface area contributed by atoms with Gasteiger partial charge in [0.15, 0.2) is 0 Å². The van der Waals surface area contributed by atoms with Crippen LogP contribution in [0.5, 0.6) is 0 Å². The zero-order chi connectivity index (χ0) is 15.1. The molecule has 6 nitrogen and oxygen atoms in total. The van der Waals surface area contributed by atoms with E-state index in [0.717, 1.165) is 41.5 Å². The number of nitriles is 1. The van der Waals surface area contributed by atoms with Crippen LogP contribution in [0.3, 0.4) is 0 Å². The molecule has 0 saturated carbocycles. The Bertz CT molecular complexity index is 854. The van der Waals surface area contributed by atoms with Gasteiger partial charge in [-0.1, -0.05) is 6.92 Å². The zero-order valence-electron chi connectivity index (χ0n) is 12.5. The third-order valence-corrected chi connectivity index (χ3v) is 4.67. The lowest BCUT2D eigenvalue weighted by Gasteiger charge is -2.27. The summed E-state index contributed by atoms with van der Waals surface area (Å²) in [7, 11) is 0. The molecule has 0 amide bonds. The topological polar surface area (TPSA) is 73.5 Å². The molecular weight excluding hydrogens is 276 g/mol. The number of H-pyrrole nitrogens is 1. The van der Waals surface area contributed by atoms with E-state index in [1.165, 1.54) is 0 Å². The van der Waals surface area contributed by atoms with E-state index in [4.69, 9.17) is 5.26 Å². The van der Waals surface area contributed by atoms with Crippen molar-refractivity contribution >= 4 is 22.1 Å². The van der Waals surface area contributed by atoms with Gasteiger partial charge in [-0.2, -0.15) is 5.26 Å². The number of hydrogen-bond donors (Lipinski definition) is 1. The summed E-state index contributed by atoms with van der Waals surface area (Å²) in [6.07, 6.45) is 8.38. The van der Waals surface area contributed by atoms with Crippen LogP contribution < -0.4 is 5.01 Å². The molecule has 0 bridgehead atoms. The van der Waals surface area contributed by atoms with Crippen LogP contribution in [0.4, 0.5) is 0 Å². The fourth-order valence-corrected chi connectivity index (χ4v) is 3.60. The molecule has 22 heavy (non-hydrogen) atoms. The van der Waals surface area contributed by atoms with Crippen LogP contribution >= 0.6 is 0 Å². The van der Waals surface area contributed by atoms with E-state index < -0.39 is 0 Å². The quantitative estimate of drug-likeness (QED) is 0.805. The number of nitrogens with zero attached hydrogens (tertiary/aromatic N) is 5. The standard InChI is InChI=1S/C16H18N6/c1-2-12-7-11(3-5-17)9-21(12)22-10-20-14-8-19-16-13(15(14)22)4-6-18-16/h4,6,8,10-12H,2-3,7,9H2,1H3,(H,18,19)/t11-,12-/m1/s1. The molecule has 6 heteroatoms. The van der Waals surface area contributed by atoms with Gasteiger partial charge in [-0.25, -0.2) is 14.6 Å². The molecule has 4 rings (SSSR count). The maximum Gasteiger partial charge on any atom is 0.139 e. The van der Waals surface area contributed by atoms with Crippen LogP contribution in [-0.4, -0.2) is 32.2 Å². The molecule has 1 saturated heterocycles. The van der Waals surface area contributed by atoms with Gasteiger partial charge in [-0.05, 0) is 24.8 Å². The first-order valence-corrected chi connectivity index (χ1v) is 7.74. The van der Waals surface area contributed by atoms with Gasteiger partial charge in [0.25, 0.3) is 0 Å². The SMILES string of the molecule is CC[C@@H]1C[C@@H](CC#N)CN1n1cnc2cnc3[nH]ccc3c21. The average Bonchev–Trinajstić information content (AvgIpc) is 3.23. The highest BCUT2D eigenvalue weighted by atomic mass is 15.6. The van der Waals surface area contributed by atoms with Crippen LogP contribution in [0.1, 0.15) is 26.2 Å². The highest BCUT2D eigenvalue weighted by molar-refractivity contribution is 6.01. The predicted molar refractivity (Wildman–Crippen MR) is 84.9 cm³/mol. The van der Waals surface area contributed by atoms with Crippen LogP contribution in [0, 0.1) is 17.2 Å². The van der Waals surface area contributed by atoms with Crippen molar-refractivity contribution in [1.82, 2.24) is 19.6 Å². The third kappa shape index (κ3) is 1.86. The average molecular weight is 294 g/mol. The second-order valence-electron chi connectivity index (χ2n) is 5.97. The fourth-order valence-electron chi connectivity index (χ4n) is 3.60. The Hall–Kier alpha value is -2.55. The lowest BCUT2D eigenvalue weighted by atomic mass is 10.0. The minimum atomic E-state index is 0.441. The number of rotatable bonds is 3. The zero-order valence-corrected chi connectivity index (χ0v) is 12.5. The summed E-state index contributed by atoms with van der Waals surface area (Å²) in [6.45, 7) is 3.12. The van der Waals surface area contributed by atoms with Gasteiger partial charge >= 0.3 is 0 Å². The highest BCUT2D eigenvalue weighted by Gasteiger charge is 2.32. The minimum Gasteiger partial charge on any atom is -0.346 e. The molecular formula is C16H18N6. The summed E-state index contributed by atoms with van der Waals surface area (Å²) in [5.74, 6) is 0.441. The highest BCUT2D eigenvalue weighted by Crippen LogP contribution is 2.30. The molecule has 0 unspecified atom stereocenters. The number of aromatic nitrogens is 4. The molecule has 1 aliphatic heterocycles. The molecule has 3 aromatic rings. The summed E-state index contributed by atoms with van der Waals surface area (Å²) in [6, 6.07) is 4.82. The summed E-state index contributed by atoms with van der Waals surface area (Å²) >= 11 is 0. The fraction of sp³-hybridized carbons (Fsp3) is 0.438. The van der Waals surface area contributed by atoms with Crippen molar-refractivity contribution < 1.29 is 0 Å². The van der Waals surface area contributed by atoms with Gasteiger partial charge in [0.1, 0.15) is 23.0 Å². The first-order chi connectivity index (χ1) is 10.8. The van der Waals surface area contributed by atoms with Gasteiger partial charge in [-0.15, -0.1) is 0 Å². The Morgan fingerprint density at radius 1 is 1.45 bits per heavy atom. The Kier molecular flexibility index (Phi) is 3.00. The lowest BCUT2D eigenvalue weighted by Crippen LogP contribution is -2.38. The molecule has 0 radical (unpaired) electrons. The van der Waals surface area contributed by atoms with E-state index in [0.29, 0.717) is 18.4 Å². The van der Waals surface area contributed by atoms with Crippen molar-refractivity contribution in [2.45, 2.75) is 32.2 Å². The van der Waals surface area contributed by atoms with Gasteiger partial charge < -0.3 is 9.99 Å². The molecule has 3 aromatic heterocycles. The molecule has 2 atom stereocenters. The second-order valence-corrected chi connectivity index (χ2v) is 5.97. The Morgan fingerprint density at radius 3 is 3.18 bits per heavy atom. The van der Waals surface area contributed by atoms with Gasteiger partial charge in [0, 0.05) is 30.6 Å². The third-order valence-electron chi connectivity index (χ3n) is 4.67. The smallest absolute Gasteiger partial charge is 0.139 e. The van der Waals surface area contributed by atoms with Crippen molar-refractivity contribution in [3.05, 3.63) is 24.8 Å². The van der Waals surface area contributed by atoms with Crippen molar-refractivity contribution in [2.24, 2.45) is 5.92 Å². The van der Waals surface area contributed by atoms with E-state index in [2.05, 4.69) is 37.6 Å². The Morgan fingerprint density at radius 2 is 2.36 bits per heavy atom. The second kappa shape index (κ2) is 5.02. The molecule has 112 valence electrons. The largest absolute Gasteiger partial charge is 0.346 e. The van der Waals surface area contributed by atoms with Crippen LogP contribution in [0.25, 0.3) is 22.1 Å². The van der Waals surface area contributed by atoms with E-state index in [1.807, 2.05) is 24.8 Å². The maximum absolute atomic E-state index is 8.99. The number of fused-ring (bicyclic) bond motifs is 3. The van der Waals surface area contributed by atoms with Gasteiger partial charge in [-0.3, -0.25) is 0 Å². The summed E-state index contributed by atoms with van der Waals surface area (Å²) in [4.78, 5) is 12.1. The number of hydrogen-bond acceptors (Lipinski definition) is 4. The van der Waals surface area contributed by atoms with Crippen molar-refractivity contribution in [3.8, 4) is 6.07 Å². The first-order valence-electron chi connectivity index (χ1n) is 7.74. The molecule has 0 spiro atoms. The number of pyridine rings is 1. The van der Waals surface area contributed by atoms with E-state index in [-0.39, 0.29) is 0 Å². The Labute approximate surface area is 128 Å². The van der Waals surface area contributed by atoms with Crippen LogP contribution in [-0.2, 0) is 0 Å². The molecule has 1 N–H and O–H groups in total.